The van der Waals surface area contributed by atoms with Gasteiger partial charge in [0.1, 0.15) is 12.4 Å². The van der Waals surface area contributed by atoms with Gasteiger partial charge in [-0.2, -0.15) is 0 Å². The first-order valence-electron chi connectivity index (χ1n) is 4.44. The molecule has 0 aliphatic carbocycles. The zero-order valence-corrected chi connectivity index (χ0v) is 8.99. The third-order valence-corrected chi connectivity index (χ3v) is 1.56. The highest BCUT2D eigenvalue weighted by molar-refractivity contribution is 5.68. The van der Waals surface area contributed by atoms with Crippen molar-refractivity contribution in [1.82, 2.24) is 4.57 Å². The number of hydrogen-bond acceptors (Lipinski definition) is 4. The number of carbonyl (C=O) groups is 1. The Labute approximate surface area is 88.0 Å². The Morgan fingerprint density at radius 2 is 1.93 bits per heavy atom. The normalized spacial score (nSPS) is 13.7. The SMILES string of the molecule is CC(O)C(=O)[O-].CC(O)n1cc[n+](C)c1. The van der Waals surface area contributed by atoms with Gasteiger partial charge in [-0.3, -0.25) is 0 Å². The van der Waals surface area contributed by atoms with Crippen molar-refractivity contribution in [2.75, 3.05) is 0 Å². The molecule has 0 fully saturated rings. The number of aliphatic hydroxyl groups is 2. The summed E-state index contributed by atoms with van der Waals surface area (Å²) in [6, 6.07) is 0. The maximum absolute atomic E-state index is 9.34. The summed E-state index contributed by atoms with van der Waals surface area (Å²) in [4.78, 5) is 9.34. The van der Waals surface area contributed by atoms with Crippen LogP contribution in [0.4, 0.5) is 0 Å². The summed E-state index contributed by atoms with van der Waals surface area (Å²) in [6.45, 7) is 2.86. The predicted octanol–water partition coefficient (Wildman–Crippen LogP) is -2.06. The topological polar surface area (TPSA) is 89.4 Å². The largest absolute Gasteiger partial charge is 0.547 e. The second kappa shape index (κ2) is 6.15. The van der Waals surface area contributed by atoms with Crippen molar-refractivity contribution in [3.63, 3.8) is 0 Å². The van der Waals surface area contributed by atoms with Crippen LogP contribution in [0.1, 0.15) is 20.1 Å². The van der Waals surface area contributed by atoms with Gasteiger partial charge in [-0.1, -0.05) is 0 Å². The fourth-order valence-corrected chi connectivity index (χ4v) is 0.690. The molecule has 1 heterocycles. The van der Waals surface area contributed by atoms with Crippen molar-refractivity contribution in [1.29, 1.82) is 0 Å². The second-order valence-corrected chi connectivity index (χ2v) is 3.15. The van der Waals surface area contributed by atoms with E-state index in [9.17, 15) is 9.90 Å². The van der Waals surface area contributed by atoms with Gasteiger partial charge in [0.05, 0.1) is 19.1 Å². The average Bonchev–Trinajstić information content (AvgIpc) is 2.52. The lowest BCUT2D eigenvalue weighted by Gasteiger charge is -2.00. The molecule has 0 bridgehead atoms. The smallest absolute Gasteiger partial charge is 0.245 e. The molecule has 2 unspecified atom stereocenters. The highest BCUT2D eigenvalue weighted by Crippen LogP contribution is 1.95. The van der Waals surface area contributed by atoms with Crippen molar-refractivity contribution < 1.29 is 24.7 Å². The van der Waals surface area contributed by atoms with E-state index in [2.05, 4.69) is 0 Å². The molecule has 2 atom stereocenters. The van der Waals surface area contributed by atoms with Gasteiger partial charge >= 0.3 is 0 Å². The highest BCUT2D eigenvalue weighted by atomic mass is 16.4. The quantitative estimate of drug-likeness (QED) is 0.556. The molecule has 1 rings (SSSR count). The Bertz CT molecular complexity index is 307. The van der Waals surface area contributed by atoms with E-state index >= 15 is 0 Å². The van der Waals surface area contributed by atoms with Gasteiger partial charge in [-0.25, -0.2) is 9.13 Å². The summed E-state index contributed by atoms with van der Waals surface area (Å²) in [7, 11) is 1.92. The van der Waals surface area contributed by atoms with Crippen LogP contribution in [-0.2, 0) is 11.8 Å². The molecule has 15 heavy (non-hydrogen) atoms. The van der Waals surface area contributed by atoms with Crippen LogP contribution < -0.4 is 9.67 Å². The fraction of sp³-hybridized carbons (Fsp3) is 0.556. The first kappa shape index (κ1) is 13.6. The van der Waals surface area contributed by atoms with Gasteiger partial charge in [0.15, 0.2) is 6.23 Å². The minimum atomic E-state index is -1.44. The molecule has 0 saturated carbocycles. The Morgan fingerprint density at radius 3 is 2.07 bits per heavy atom. The molecule has 1 aromatic rings. The lowest BCUT2D eigenvalue weighted by atomic mass is 10.4. The van der Waals surface area contributed by atoms with E-state index in [1.807, 2.05) is 30.3 Å². The molecular formula is C9H16N2O4. The fourth-order valence-electron chi connectivity index (χ4n) is 0.690. The van der Waals surface area contributed by atoms with Crippen LogP contribution in [0.5, 0.6) is 0 Å². The number of hydrogen-bond donors (Lipinski definition) is 2. The van der Waals surface area contributed by atoms with Crippen LogP contribution in [0.25, 0.3) is 0 Å². The minimum Gasteiger partial charge on any atom is -0.547 e. The molecule has 1 aromatic heterocycles. The summed E-state index contributed by atoms with van der Waals surface area (Å²) < 4.78 is 3.60. The van der Waals surface area contributed by atoms with E-state index < -0.39 is 18.3 Å². The van der Waals surface area contributed by atoms with E-state index in [-0.39, 0.29) is 0 Å². The summed E-state index contributed by atoms with van der Waals surface area (Å²) in [5.41, 5.74) is 0. The molecule has 0 radical (unpaired) electrons. The molecule has 6 nitrogen and oxygen atoms in total. The molecule has 6 heteroatoms. The first-order chi connectivity index (χ1) is 6.84. The Hall–Kier alpha value is -1.40. The third-order valence-electron chi connectivity index (χ3n) is 1.56. The number of aromatic nitrogens is 2. The number of aliphatic carboxylic acids is 1. The van der Waals surface area contributed by atoms with Crippen molar-refractivity contribution >= 4 is 5.97 Å². The third kappa shape index (κ3) is 5.82. The Morgan fingerprint density at radius 1 is 1.47 bits per heavy atom. The van der Waals surface area contributed by atoms with Gasteiger partial charge in [0.2, 0.25) is 6.33 Å². The summed E-state index contributed by atoms with van der Waals surface area (Å²) in [5, 5.41) is 26.3. The van der Waals surface area contributed by atoms with Gasteiger partial charge in [0.25, 0.3) is 0 Å². The number of nitrogens with zero attached hydrogens (tertiary/aromatic N) is 2. The highest BCUT2D eigenvalue weighted by Gasteiger charge is 2.03. The van der Waals surface area contributed by atoms with Crippen LogP contribution in [-0.4, -0.2) is 26.9 Å². The molecule has 86 valence electrons. The monoisotopic (exact) mass is 216 g/mol. The number of carbonyl (C=O) groups excluding carboxylic acids is 1. The summed E-state index contributed by atoms with van der Waals surface area (Å²) in [5.74, 6) is -1.44. The zero-order chi connectivity index (χ0) is 12.0. The van der Waals surface area contributed by atoms with Crippen LogP contribution in [0.15, 0.2) is 18.7 Å². The van der Waals surface area contributed by atoms with Gasteiger partial charge < -0.3 is 20.1 Å². The van der Waals surface area contributed by atoms with Crippen molar-refractivity contribution in [3.8, 4) is 0 Å². The van der Waals surface area contributed by atoms with Crippen LogP contribution in [0, 0.1) is 0 Å². The van der Waals surface area contributed by atoms with Crippen LogP contribution in [0.3, 0.4) is 0 Å². The number of aliphatic hydroxyl groups excluding tert-OH is 2. The number of carboxylic acid groups (broad SMARTS) is 1. The van der Waals surface area contributed by atoms with Crippen molar-refractivity contribution in [2.45, 2.75) is 26.2 Å². The minimum absolute atomic E-state index is 0.425. The molecule has 0 amide bonds. The Balaban J connectivity index is 0.000000288. The molecule has 0 saturated heterocycles. The maximum atomic E-state index is 9.34. The second-order valence-electron chi connectivity index (χ2n) is 3.15. The number of rotatable bonds is 2. The molecule has 2 N–H and O–H groups in total. The molecular weight excluding hydrogens is 200 g/mol. The zero-order valence-electron chi connectivity index (χ0n) is 8.99. The number of imidazole rings is 1. The van der Waals surface area contributed by atoms with E-state index in [1.165, 1.54) is 0 Å². The van der Waals surface area contributed by atoms with Gasteiger partial charge in [0, 0.05) is 6.92 Å². The van der Waals surface area contributed by atoms with Gasteiger partial charge in [-0.15, -0.1) is 0 Å². The average molecular weight is 216 g/mol. The molecule has 0 aromatic carbocycles. The van der Waals surface area contributed by atoms with E-state index in [0.29, 0.717) is 0 Å². The number of aryl methyl sites for hydroxylation is 1. The molecule has 0 aliphatic heterocycles. The summed E-state index contributed by atoms with van der Waals surface area (Å²) in [6.07, 6.45) is 3.76. The lowest BCUT2D eigenvalue weighted by molar-refractivity contribution is -0.671. The Kier molecular flexibility index (Phi) is 5.58. The number of carboxylic acids is 1. The van der Waals surface area contributed by atoms with Crippen LogP contribution >= 0.6 is 0 Å². The maximum Gasteiger partial charge on any atom is 0.245 e. The van der Waals surface area contributed by atoms with E-state index in [1.54, 1.807) is 11.5 Å². The lowest BCUT2D eigenvalue weighted by Crippen LogP contribution is -2.32. The standard InChI is InChI=1S/C6H11N2O.C3H6O3/c1-6(9)8-4-3-7(2)5-8;1-2(4)3(5)6/h3-6,9H,1-2H3;2,4H,1H3,(H,5,6)/q+1;/p-1. The molecule has 0 spiro atoms. The van der Waals surface area contributed by atoms with Gasteiger partial charge in [-0.05, 0) is 6.92 Å². The summed E-state index contributed by atoms with van der Waals surface area (Å²) >= 11 is 0. The van der Waals surface area contributed by atoms with Crippen LogP contribution in [0.2, 0.25) is 0 Å². The van der Waals surface area contributed by atoms with Crippen molar-refractivity contribution in [2.24, 2.45) is 7.05 Å². The first-order valence-corrected chi connectivity index (χ1v) is 4.44. The predicted molar refractivity (Wildman–Crippen MR) is 49.2 cm³/mol. The molecule has 0 aliphatic rings. The van der Waals surface area contributed by atoms with E-state index in [0.717, 1.165) is 6.92 Å². The van der Waals surface area contributed by atoms with E-state index in [4.69, 9.17) is 10.2 Å². The van der Waals surface area contributed by atoms with Crippen molar-refractivity contribution in [3.05, 3.63) is 18.7 Å².